The molecular weight excluding hydrogens is 228 g/mol. The summed E-state index contributed by atoms with van der Waals surface area (Å²) in [6.07, 6.45) is 1.63. The van der Waals surface area contributed by atoms with Gasteiger partial charge in [-0.3, -0.25) is 9.59 Å². The van der Waals surface area contributed by atoms with Crippen LogP contribution >= 0.6 is 0 Å². The highest BCUT2D eigenvalue weighted by Gasteiger charge is 2.33. The lowest BCUT2D eigenvalue weighted by atomic mass is 10.1. The molecule has 1 aromatic carbocycles. The van der Waals surface area contributed by atoms with Crippen molar-refractivity contribution in [3.8, 4) is 0 Å². The number of hydrogen-bond acceptors (Lipinski definition) is 2. The molecule has 4 heteroatoms. The van der Waals surface area contributed by atoms with Crippen LogP contribution in [0.25, 0.3) is 0 Å². The average molecular weight is 244 g/mol. The standard InChI is InChI=1S/C14H16N2O2/c1-3-12-14(18)16(10(2)13(17)15-12)9-11-7-5-4-6-8-11/h3-8,10H,9H2,1-2H3,(H,15,17)/b12-3+/t10-/m1/s1. The first-order chi connectivity index (χ1) is 8.63. The van der Waals surface area contributed by atoms with Crippen molar-refractivity contribution in [2.75, 3.05) is 0 Å². The van der Waals surface area contributed by atoms with Gasteiger partial charge in [0.05, 0.1) is 0 Å². The zero-order valence-electron chi connectivity index (χ0n) is 10.5. The highest BCUT2D eigenvalue weighted by Crippen LogP contribution is 2.16. The molecule has 0 aromatic heterocycles. The van der Waals surface area contributed by atoms with E-state index < -0.39 is 6.04 Å². The maximum absolute atomic E-state index is 12.2. The molecule has 94 valence electrons. The summed E-state index contributed by atoms with van der Waals surface area (Å²) < 4.78 is 0. The van der Waals surface area contributed by atoms with E-state index >= 15 is 0 Å². The number of piperazine rings is 1. The van der Waals surface area contributed by atoms with Gasteiger partial charge in [-0.1, -0.05) is 36.4 Å². The fourth-order valence-electron chi connectivity index (χ4n) is 1.95. The number of amides is 2. The first-order valence-corrected chi connectivity index (χ1v) is 5.95. The third-order valence-corrected chi connectivity index (χ3v) is 3.08. The lowest BCUT2D eigenvalue weighted by molar-refractivity contribution is -0.142. The van der Waals surface area contributed by atoms with Crippen molar-refractivity contribution < 1.29 is 9.59 Å². The van der Waals surface area contributed by atoms with Gasteiger partial charge in [-0.15, -0.1) is 0 Å². The van der Waals surface area contributed by atoms with Crippen LogP contribution in [0.2, 0.25) is 0 Å². The molecule has 2 amide bonds. The molecule has 0 bridgehead atoms. The second-order valence-electron chi connectivity index (χ2n) is 4.29. The van der Waals surface area contributed by atoms with Gasteiger partial charge in [-0.25, -0.2) is 0 Å². The van der Waals surface area contributed by atoms with Crippen LogP contribution in [0.3, 0.4) is 0 Å². The molecule has 1 aliphatic rings. The molecule has 2 rings (SSSR count). The Morgan fingerprint density at radius 1 is 1.28 bits per heavy atom. The zero-order valence-corrected chi connectivity index (χ0v) is 10.5. The van der Waals surface area contributed by atoms with Gasteiger partial charge in [0.2, 0.25) is 5.91 Å². The number of nitrogens with one attached hydrogen (secondary N) is 1. The predicted molar refractivity (Wildman–Crippen MR) is 68.4 cm³/mol. The summed E-state index contributed by atoms with van der Waals surface area (Å²) >= 11 is 0. The van der Waals surface area contributed by atoms with Crippen LogP contribution in [0.4, 0.5) is 0 Å². The SMILES string of the molecule is C/C=C1/NC(=O)[C@@H](C)N(Cc2ccccc2)C1=O. The zero-order chi connectivity index (χ0) is 13.1. The maximum atomic E-state index is 12.2. The van der Waals surface area contributed by atoms with Gasteiger partial charge in [0, 0.05) is 6.54 Å². The summed E-state index contributed by atoms with van der Waals surface area (Å²) in [5.74, 6) is -0.271. The van der Waals surface area contributed by atoms with Gasteiger partial charge in [-0.2, -0.15) is 0 Å². The van der Waals surface area contributed by atoms with E-state index in [4.69, 9.17) is 0 Å². The topological polar surface area (TPSA) is 49.4 Å². The van der Waals surface area contributed by atoms with Crippen LogP contribution in [0.15, 0.2) is 42.1 Å². The van der Waals surface area contributed by atoms with Gasteiger partial charge in [-0.05, 0) is 19.4 Å². The van der Waals surface area contributed by atoms with E-state index in [0.717, 1.165) is 5.56 Å². The third kappa shape index (κ3) is 2.27. The monoisotopic (exact) mass is 244 g/mol. The van der Waals surface area contributed by atoms with Crippen LogP contribution in [0.1, 0.15) is 19.4 Å². The van der Waals surface area contributed by atoms with Gasteiger partial charge >= 0.3 is 0 Å². The number of carbonyl (C=O) groups excluding carboxylic acids is 2. The van der Waals surface area contributed by atoms with Crippen LogP contribution in [-0.2, 0) is 16.1 Å². The summed E-state index contributed by atoms with van der Waals surface area (Å²) in [6, 6.07) is 9.22. The Morgan fingerprint density at radius 2 is 1.94 bits per heavy atom. The van der Waals surface area contributed by atoms with E-state index in [1.54, 1.807) is 24.8 Å². The summed E-state index contributed by atoms with van der Waals surface area (Å²) in [7, 11) is 0. The third-order valence-electron chi connectivity index (χ3n) is 3.08. The average Bonchev–Trinajstić information content (AvgIpc) is 2.40. The molecule has 0 unspecified atom stereocenters. The maximum Gasteiger partial charge on any atom is 0.270 e. The smallest absolute Gasteiger partial charge is 0.270 e. The summed E-state index contributed by atoms with van der Waals surface area (Å²) in [4.78, 5) is 25.5. The molecule has 0 aliphatic carbocycles. The Morgan fingerprint density at radius 3 is 2.56 bits per heavy atom. The van der Waals surface area contributed by atoms with Gasteiger partial charge in [0.1, 0.15) is 11.7 Å². The van der Waals surface area contributed by atoms with E-state index in [2.05, 4.69) is 5.32 Å². The minimum absolute atomic E-state index is 0.131. The van der Waals surface area contributed by atoms with Crippen LogP contribution in [-0.4, -0.2) is 22.8 Å². The Kier molecular flexibility index (Phi) is 3.46. The lowest BCUT2D eigenvalue weighted by Gasteiger charge is -2.34. The summed E-state index contributed by atoms with van der Waals surface area (Å²) in [5.41, 5.74) is 1.37. The first-order valence-electron chi connectivity index (χ1n) is 5.95. The van der Waals surface area contributed by atoms with Gasteiger partial charge in [0.15, 0.2) is 0 Å². The van der Waals surface area contributed by atoms with Crippen molar-refractivity contribution >= 4 is 11.8 Å². The summed E-state index contributed by atoms with van der Waals surface area (Å²) in [5, 5.41) is 2.61. The van der Waals surface area contributed by atoms with Gasteiger partial charge < -0.3 is 10.2 Å². The molecule has 4 nitrogen and oxygen atoms in total. The molecule has 1 heterocycles. The quantitative estimate of drug-likeness (QED) is 0.800. The first kappa shape index (κ1) is 12.4. The number of allylic oxidation sites excluding steroid dienone is 1. The van der Waals surface area contributed by atoms with Crippen molar-refractivity contribution in [3.05, 3.63) is 47.7 Å². The highest BCUT2D eigenvalue weighted by molar-refractivity contribution is 6.04. The molecular formula is C14H16N2O2. The van der Waals surface area contributed by atoms with Crippen molar-refractivity contribution in [2.45, 2.75) is 26.4 Å². The predicted octanol–water partition coefficient (Wildman–Crippen LogP) is 1.44. The molecule has 0 spiro atoms. The minimum Gasteiger partial charge on any atom is -0.321 e. The van der Waals surface area contributed by atoms with Crippen molar-refractivity contribution in [3.63, 3.8) is 0 Å². The van der Waals surface area contributed by atoms with E-state index in [1.807, 2.05) is 30.3 Å². The van der Waals surface area contributed by atoms with Gasteiger partial charge in [0.25, 0.3) is 5.91 Å². The van der Waals surface area contributed by atoms with E-state index in [9.17, 15) is 9.59 Å². The molecule has 1 atom stereocenters. The van der Waals surface area contributed by atoms with Crippen LogP contribution in [0, 0.1) is 0 Å². The Labute approximate surface area is 106 Å². The van der Waals surface area contributed by atoms with E-state index in [-0.39, 0.29) is 11.8 Å². The summed E-state index contributed by atoms with van der Waals surface area (Å²) in [6.45, 7) is 3.93. The molecule has 18 heavy (non-hydrogen) atoms. The fourth-order valence-corrected chi connectivity index (χ4v) is 1.95. The molecule has 1 N–H and O–H groups in total. The van der Waals surface area contributed by atoms with E-state index in [0.29, 0.717) is 12.2 Å². The van der Waals surface area contributed by atoms with Crippen molar-refractivity contribution in [1.29, 1.82) is 0 Å². The molecule has 1 aromatic rings. The lowest BCUT2D eigenvalue weighted by Crippen LogP contribution is -2.55. The van der Waals surface area contributed by atoms with Crippen molar-refractivity contribution in [1.82, 2.24) is 10.2 Å². The minimum atomic E-state index is -0.443. The molecule has 1 aliphatic heterocycles. The number of rotatable bonds is 2. The second kappa shape index (κ2) is 5.04. The van der Waals surface area contributed by atoms with E-state index in [1.165, 1.54) is 0 Å². The Bertz CT molecular complexity index is 494. The fraction of sp³-hybridized carbons (Fsp3) is 0.286. The number of carbonyl (C=O) groups is 2. The molecule has 0 saturated carbocycles. The van der Waals surface area contributed by atoms with Crippen LogP contribution < -0.4 is 5.32 Å². The molecule has 1 fully saturated rings. The number of hydrogen-bond donors (Lipinski definition) is 1. The van der Waals surface area contributed by atoms with Crippen LogP contribution in [0.5, 0.6) is 0 Å². The largest absolute Gasteiger partial charge is 0.321 e. The number of benzene rings is 1. The molecule has 0 radical (unpaired) electrons. The Hall–Kier alpha value is -2.10. The number of nitrogens with zero attached hydrogens (tertiary/aromatic N) is 1. The normalized spacial score (nSPS) is 22.2. The second-order valence-corrected chi connectivity index (χ2v) is 4.29. The van der Waals surface area contributed by atoms with Crippen molar-refractivity contribution in [2.24, 2.45) is 0 Å². The molecule has 1 saturated heterocycles. The highest BCUT2D eigenvalue weighted by atomic mass is 16.2. The Balaban J connectivity index is 2.24.